The first-order valence-corrected chi connectivity index (χ1v) is 9.95. The number of nitrogens with two attached hydrogens (primary N) is 1. The van der Waals surface area contributed by atoms with Gasteiger partial charge in [0.15, 0.2) is 12.6 Å². The number of nitrogens with zero attached hydrogens (tertiary/aromatic N) is 3. The molecule has 0 unspecified atom stereocenters. The molecule has 2 heterocycles. The Hall–Kier alpha value is -1.64. The van der Waals surface area contributed by atoms with E-state index in [2.05, 4.69) is 10.2 Å². The third kappa shape index (κ3) is 3.83. The van der Waals surface area contributed by atoms with Crippen LogP contribution in [0.15, 0.2) is 35.5 Å². The first-order valence-electron chi connectivity index (χ1n) is 7.83. The molecule has 0 spiro atoms. The van der Waals surface area contributed by atoms with E-state index in [-0.39, 0.29) is 6.79 Å². The topological polar surface area (TPSA) is 75.2 Å². The smallest absolute Gasteiger partial charge is 0.210 e. The van der Waals surface area contributed by atoms with Crippen molar-refractivity contribution in [1.82, 2.24) is 14.9 Å². The van der Waals surface area contributed by atoms with Crippen molar-refractivity contribution in [3.8, 4) is 17.1 Å². The minimum Gasteiger partial charge on any atom is -0.467 e. The molecule has 6 nitrogen and oxygen atoms in total. The Morgan fingerprint density at radius 2 is 1.96 bits per heavy atom. The fourth-order valence-corrected chi connectivity index (χ4v) is 4.32. The molecule has 0 saturated heterocycles. The summed E-state index contributed by atoms with van der Waals surface area (Å²) in [4.78, 5) is 0. The van der Waals surface area contributed by atoms with E-state index < -0.39 is 0 Å². The zero-order valence-corrected chi connectivity index (χ0v) is 16.9. The minimum atomic E-state index is 0.221. The number of halogens is 3. The molecule has 140 valence electrons. The highest BCUT2D eigenvalue weighted by molar-refractivity contribution is 7.98. The third-order valence-corrected chi connectivity index (χ3v) is 5.70. The molecule has 0 amide bonds. The van der Waals surface area contributed by atoms with Gasteiger partial charge in [-0.3, -0.25) is 0 Å². The highest BCUT2D eigenvalue weighted by Crippen LogP contribution is 2.36. The van der Waals surface area contributed by atoms with Crippen LogP contribution in [0.5, 0.6) is 5.75 Å². The Kier molecular flexibility index (Phi) is 5.39. The quantitative estimate of drug-likeness (QED) is 0.462. The zero-order chi connectivity index (χ0) is 19.0. The summed E-state index contributed by atoms with van der Waals surface area (Å²) < 4.78 is 12.3. The van der Waals surface area contributed by atoms with Crippen LogP contribution in [0.3, 0.4) is 0 Å². The molecule has 0 fully saturated rings. The van der Waals surface area contributed by atoms with Crippen molar-refractivity contribution in [2.75, 3.05) is 12.6 Å². The Bertz CT molecular complexity index is 1010. The maximum Gasteiger partial charge on any atom is 0.210 e. The van der Waals surface area contributed by atoms with E-state index in [4.69, 9.17) is 50.1 Å². The molecule has 1 aromatic heterocycles. The standard InChI is InChI=1S/C17H13Cl3N4O2S/c18-11-1-2-13(14(20)5-11)16-22-23-17(24(16)21)27-7-10-4-12(19)3-9-6-25-8-26-15(9)10/h1-5H,6-8,21H2. The van der Waals surface area contributed by atoms with Crippen molar-refractivity contribution >= 4 is 46.6 Å². The minimum absolute atomic E-state index is 0.221. The van der Waals surface area contributed by atoms with Gasteiger partial charge in [0, 0.05) is 32.5 Å². The Morgan fingerprint density at radius 1 is 1.11 bits per heavy atom. The fraction of sp³-hybridized carbons (Fsp3) is 0.176. The molecule has 10 heteroatoms. The Balaban J connectivity index is 1.58. The van der Waals surface area contributed by atoms with E-state index in [9.17, 15) is 0 Å². The molecule has 2 N–H and O–H groups in total. The van der Waals surface area contributed by atoms with Gasteiger partial charge in [0.25, 0.3) is 0 Å². The van der Waals surface area contributed by atoms with Crippen molar-refractivity contribution in [2.24, 2.45) is 0 Å². The molecule has 0 radical (unpaired) electrons. The summed E-state index contributed by atoms with van der Waals surface area (Å²) in [5, 5.41) is 10.5. The molecule has 0 aliphatic carbocycles. The predicted molar refractivity (Wildman–Crippen MR) is 107 cm³/mol. The SMILES string of the molecule is Nn1c(SCc2cc(Cl)cc3c2OCOC3)nnc1-c1ccc(Cl)cc1Cl. The van der Waals surface area contributed by atoms with E-state index in [0.29, 0.717) is 44.0 Å². The van der Waals surface area contributed by atoms with Gasteiger partial charge in [0.2, 0.25) is 5.16 Å². The van der Waals surface area contributed by atoms with Crippen LogP contribution in [-0.2, 0) is 17.1 Å². The maximum atomic E-state index is 6.24. The largest absolute Gasteiger partial charge is 0.467 e. The van der Waals surface area contributed by atoms with Crippen LogP contribution in [0.4, 0.5) is 0 Å². The lowest BCUT2D eigenvalue weighted by molar-refractivity contribution is -0.0168. The number of hydrogen-bond donors (Lipinski definition) is 1. The number of nitrogen functional groups attached to an aromatic ring is 1. The van der Waals surface area contributed by atoms with E-state index in [1.54, 1.807) is 18.2 Å². The van der Waals surface area contributed by atoms with Gasteiger partial charge < -0.3 is 15.3 Å². The van der Waals surface area contributed by atoms with Gasteiger partial charge in [0.1, 0.15) is 5.75 Å². The molecule has 0 bridgehead atoms. The molecule has 0 atom stereocenters. The molecule has 27 heavy (non-hydrogen) atoms. The summed E-state index contributed by atoms with van der Waals surface area (Å²) in [6, 6.07) is 8.83. The molecule has 1 aliphatic heterocycles. The van der Waals surface area contributed by atoms with Gasteiger partial charge in [-0.2, -0.15) is 0 Å². The van der Waals surface area contributed by atoms with Crippen LogP contribution >= 0.6 is 46.6 Å². The van der Waals surface area contributed by atoms with Crippen LogP contribution in [0, 0.1) is 0 Å². The first-order chi connectivity index (χ1) is 13.0. The number of hydrogen-bond acceptors (Lipinski definition) is 6. The second kappa shape index (κ2) is 7.77. The lowest BCUT2D eigenvalue weighted by Gasteiger charge is -2.20. The van der Waals surface area contributed by atoms with Crippen molar-refractivity contribution in [3.63, 3.8) is 0 Å². The van der Waals surface area contributed by atoms with Gasteiger partial charge in [0.05, 0.1) is 11.6 Å². The molecule has 4 rings (SSSR count). The number of fused-ring (bicyclic) bond motifs is 1. The number of aromatic nitrogens is 3. The Labute approximate surface area is 174 Å². The molecule has 2 aromatic carbocycles. The lowest BCUT2D eigenvalue weighted by atomic mass is 10.1. The van der Waals surface area contributed by atoms with Crippen molar-refractivity contribution in [2.45, 2.75) is 17.5 Å². The second-order valence-electron chi connectivity index (χ2n) is 5.75. The van der Waals surface area contributed by atoms with Gasteiger partial charge in [-0.15, -0.1) is 10.2 Å². The summed E-state index contributed by atoms with van der Waals surface area (Å²) >= 11 is 19.8. The maximum absolute atomic E-state index is 6.24. The van der Waals surface area contributed by atoms with Crippen molar-refractivity contribution < 1.29 is 9.47 Å². The molecular formula is C17H13Cl3N4O2S. The second-order valence-corrected chi connectivity index (χ2v) is 7.98. The molecule has 3 aromatic rings. The summed E-state index contributed by atoms with van der Waals surface area (Å²) in [5.41, 5.74) is 2.52. The van der Waals surface area contributed by atoms with Crippen LogP contribution in [0.25, 0.3) is 11.4 Å². The van der Waals surface area contributed by atoms with Gasteiger partial charge in [-0.1, -0.05) is 46.6 Å². The van der Waals surface area contributed by atoms with E-state index in [1.165, 1.54) is 16.4 Å². The number of ether oxygens (including phenoxy) is 2. The van der Waals surface area contributed by atoms with Crippen molar-refractivity contribution in [3.05, 3.63) is 56.5 Å². The number of rotatable bonds is 4. The molecule has 1 aliphatic rings. The summed E-state index contributed by atoms with van der Waals surface area (Å²) in [6.07, 6.45) is 0. The van der Waals surface area contributed by atoms with Crippen LogP contribution in [-0.4, -0.2) is 21.7 Å². The van der Waals surface area contributed by atoms with Gasteiger partial charge in [-0.25, -0.2) is 4.68 Å². The van der Waals surface area contributed by atoms with E-state index >= 15 is 0 Å². The zero-order valence-electron chi connectivity index (χ0n) is 13.8. The predicted octanol–water partition coefficient (Wildman–Crippen LogP) is 4.78. The van der Waals surface area contributed by atoms with Crippen molar-refractivity contribution in [1.29, 1.82) is 0 Å². The summed E-state index contributed by atoms with van der Waals surface area (Å²) in [6.45, 7) is 0.693. The van der Waals surface area contributed by atoms with Crippen LogP contribution in [0.1, 0.15) is 11.1 Å². The average Bonchev–Trinajstić information content (AvgIpc) is 3.00. The van der Waals surface area contributed by atoms with E-state index in [1.807, 2.05) is 12.1 Å². The van der Waals surface area contributed by atoms with E-state index in [0.717, 1.165) is 16.9 Å². The highest BCUT2D eigenvalue weighted by atomic mass is 35.5. The normalized spacial score (nSPS) is 13.3. The number of benzene rings is 2. The monoisotopic (exact) mass is 442 g/mol. The molecular weight excluding hydrogens is 431 g/mol. The van der Waals surface area contributed by atoms with Crippen LogP contribution in [0.2, 0.25) is 15.1 Å². The first kappa shape index (κ1) is 18.7. The number of thioether (sulfide) groups is 1. The fourth-order valence-electron chi connectivity index (χ4n) is 2.74. The lowest BCUT2D eigenvalue weighted by Crippen LogP contribution is -2.13. The summed E-state index contributed by atoms with van der Waals surface area (Å²) in [5.74, 6) is 7.99. The average molecular weight is 444 g/mol. The highest BCUT2D eigenvalue weighted by Gasteiger charge is 2.19. The van der Waals surface area contributed by atoms with Gasteiger partial charge >= 0.3 is 0 Å². The van der Waals surface area contributed by atoms with Gasteiger partial charge in [-0.05, 0) is 30.3 Å². The summed E-state index contributed by atoms with van der Waals surface area (Å²) in [7, 11) is 0. The molecule has 0 saturated carbocycles. The Morgan fingerprint density at radius 3 is 2.78 bits per heavy atom. The van der Waals surface area contributed by atoms with Crippen LogP contribution < -0.4 is 10.6 Å². The third-order valence-electron chi connectivity index (χ3n) is 3.95.